The number of nitrogens with zero attached hydrogens (tertiary/aromatic N) is 2. The van der Waals surface area contributed by atoms with E-state index in [-0.39, 0.29) is 18.0 Å². The van der Waals surface area contributed by atoms with Gasteiger partial charge in [0.05, 0.1) is 6.61 Å². The average molecular weight is 441 g/mol. The first-order valence-electron chi connectivity index (χ1n) is 11.5. The number of likely N-dealkylation sites (N-methyl/N-ethyl adjacent to an activating group) is 1. The first-order valence-corrected chi connectivity index (χ1v) is 11.5. The van der Waals surface area contributed by atoms with Crippen LogP contribution in [0.2, 0.25) is 0 Å². The molecule has 0 unspecified atom stereocenters. The number of hydrogen-bond acceptors (Lipinski definition) is 5. The van der Waals surface area contributed by atoms with E-state index in [4.69, 9.17) is 4.74 Å². The molecule has 3 rings (SSSR count). The van der Waals surface area contributed by atoms with Gasteiger partial charge in [0.15, 0.2) is 0 Å². The van der Waals surface area contributed by atoms with E-state index in [9.17, 15) is 9.59 Å². The van der Waals surface area contributed by atoms with Crippen molar-refractivity contribution in [2.45, 2.75) is 51.2 Å². The van der Waals surface area contributed by atoms with Crippen LogP contribution in [0.25, 0.3) is 0 Å². The number of methoxy groups -OCH3 is 1. The van der Waals surface area contributed by atoms with Crippen LogP contribution in [0, 0.1) is 0 Å². The number of carbonyl (C=O) groups is 1. The van der Waals surface area contributed by atoms with Crippen molar-refractivity contribution >= 4 is 11.6 Å². The Bertz CT molecular complexity index is 921. The number of benzene rings is 1. The van der Waals surface area contributed by atoms with Crippen molar-refractivity contribution in [1.82, 2.24) is 15.2 Å². The van der Waals surface area contributed by atoms with Crippen LogP contribution in [-0.4, -0.2) is 61.7 Å². The van der Waals surface area contributed by atoms with Crippen molar-refractivity contribution in [3.8, 4) is 0 Å². The van der Waals surface area contributed by atoms with E-state index in [0.29, 0.717) is 23.2 Å². The molecule has 2 N–H and O–H groups in total. The number of pyridine rings is 1. The second-order valence-corrected chi connectivity index (χ2v) is 8.48. The van der Waals surface area contributed by atoms with Crippen LogP contribution in [-0.2, 0) is 11.3 Å². The number of anilines is 1. The number of nitrogens with one attached hydrogen (secondary N) is 2. The summed E-state index contributed by atoms with van der Waals surface area (Å²) in [6.07, 6.45) is 6.22. The normalized spacial score (nSPS) is 18.5. The summed E-state index contributed by atoms with van der Waals surface area (Å²) in [5, 5.41) is 2.86. The predicted octanol–water partition coefficient (Wildman–Crippen LogP) is 3.02. The highest BCUT2D eigenvalue weighted by Gasteiger charge is 2.27. The zero-order chi connectivity index (χ0) is 22.9. The first-order chi connectivity index (χ1) is 15.5. The van der Waals surface area contributed by atoms with E-state index in [1.807, 2.05) is 18.2 Å². The number of amides is 1. The lowest BCUT2D eigenvalue weighted by Gasteiger charge is -2.40. The van der Waals surface area contributed by atoms with Crippen LogP contribution in [0.4, 0.5) is 5.69 Å². The van der Waals surface area contributed by atoms with Crippen LogP contribution in [0.3, 0.4) is 0 Å². The molecule has 0 atom stereocenters. The maximum Gasteiger partial charge on any atom is 0.252 e. The Morgan fingerprint density at radius 1 is 1.16 bits per heavy atom. The number of rotatable bonds is 10. The van der Waals surface area contributed by atoms with E-state index >= 15 is 0 Å². The zero-order valence-electron chi connectivity index (χ0n) is 19.5. The SMILES string of the molecule is CCN(c1cccc(C(=O)NCc2ccc[nH]c2=O)c1)[C@H]1CC[C@H](N(C)CCOC)CC1. The van der Waals surface area contributed by atoms with Gasteiger partial charge in [-0.25, -0.2) is 0 Å². The molecule has 1 aliphatic carbocycles. The molecule has 2 aromatic rings. The summed E-state index contributed by atoms with van der Waals surface area (Å²) in [4.78, 5) is 32.0. The number of aromatic amines is 1. The Morgan fingerprint density at radius 3 is 2.59 bits per heavy atom. The van der Waals surface area contributed by atoms with Crippen molar-refractivity contribution in [3.63, 3.8) is 0 Å². The highest BCUT2D eigenvalue weighted by molar-refractivity contribution is 5.95. The summed E-state index contributed by atoms with van der Waals surface area (Å²) in [5.41, 5.74) is 2.05. The summed E-state index contributed by atoms with van der Waals surface area (Å²) in [6.45, 7) is 5.02. The Hall–Kier alpha value is -2.64. The molecule has 0 bridgehead atoms. The van der Waals surface area contributed by atoms with Gasteiger partial charge in [-0.2, -0.15) is 0 Å². The molecule has 1 heterocycles. The van der Waals surface area contributed by atoms with Gasteiger partial charge in [-0.3, -0.25) is 9.59 Å². The lowest BCUT2D eigenvalue weighted by molar-refractivity contribution is 0.0950. The minimum Gasteiger partial charge on any atom is -0.383 e. The molecular formula is C25H36N4O3. The van der Waals surface area contributed by atoms with Crippen molar-refractivity contribution in [2.24, 2.45) is 0 Å². The van der Waals surface area contributed by atoms with Gasteiger partial charge in [0.2, 0.25) is 0 Å². The third-order valence-corrected chi connectivity index (χ3v) is 6.50. The molecule has 1 aliphatic rings. The Morgan fingerprint density at radius 2 is 1.91 bits per heavy atom. The Balaban J connectivity index is 1.61. The molecule has 7 nitrogen and oxygen atoms in total. The summed E-state index contributed by atoms with van der Waals surface area (Å²) in [5.74, 6) is -0.172. The molecule has 0 aliphatic heterocycles. The van der Waals surface area contributed by atoms with Crippen LogP contribution in [0.15, 0.2) is 47.4 Å². The number of aromatic nitrogens is 1. The molecule has 1 aromatic heterocycles. The highest BCUT2D eigenvalue weighted by Crippen LogP contribution is 2.29. The van der Waals surface area contributed by atoms with Gasteiger partial charge < -0.3 is 24.8 Å². The monoisotopic (exact) mass is 440 g/mol. The van der Waals surface area contributed by atoms with E-state index in [0.717, 1.165) is 38.2 Å². The van der Waals surface area contributed by atoms with Crippen LogP contribution < -0.4 is 15.8 Å². The molecule has 0 spiro atoms. The van der Waals surface area contributed by atoms with E-state index in [1.54, 1.807) is 25.4 Å². The second-order valence-electron chi connectivity index (χ2n) is 8.48. The maximum absolute atomic E-state index is 12.7. The van der Waals surface area contributed by atoms with E-state index in [2.05, 4.69) is 40.1 Å². The molecule has 0 radical (unpaired) electrons. The minimum atomic E-state index is -0.179. The molecule has 1 amide bonds. The number of hydrogen-bond donors (Lipinski definition) is 2. The third kappa shape index (κ3) is 6.20. The quantitative estimate of drug-likeness (QED) is 0.594. The fraction of sp³-hybridized carbons (Fsp3) is 0.520. The minimum absolute atomic E-state index is 0.172. The second kappa shape index (κ2) is 11.8. The summed E-state index contributed by atoms with van der Waals surface area (Å²) < 4.78 is 5.22. The Kier molecular flexibility index (Phi) is 8.88. The summed E-state index contributed by atoms with van der Waals surface area (Å²) in [6, 6.07) is 12.4. The molecule has 7 heteroatoms. The lowest BCUT2D eigenvalue weighted by Crippen LogP contribution is -2.44. The highest BCUT2D eigenvalue weighted by atomic mass is 16.5. The van der Waals surface area contributed by atoms with Crippen molar-refractivity contribution < 1.29 is 9.53 Å². The largest absolute Gasteiger partial charge is 0.383 e. The van der Waals surface area contributed by atoms with Gasteiger partial charge in [-0.15, -0.1) is 0 Å². The molecular weight excluding hydrogens is 404 g/mol. The summed E-state index contributed by atoms with van der Waals surface area (Å²) >= 11 is 0. The zero-order valence-corrected chi connectivity index (χ0v) is 19.5. The lowest BCUT2D eigenvalue weighted by atomic mass is 9.89. The number of carbonyl (C=O) groups excluding carboxylic acids is 1. The van der Waals surface area contributed by atoms with Gasteiger partial charge in [0, 0.05) is 61.8 Å². The Labute approximate surface area is 190 Å². The van der Waals surface area contributed by atoms with Gasteiger partial charge in [0.25, 0.3) is 11.5 Å². The number of H-pyrrole nitrogens is 1. The smallest absolute Gasteiger partial charge is 0.252 e. The molecule has 174 valence electrons. The number of ether oxygens (including phenoxy) is 1. The molecule has 1 fully saturated rings. The summed E-state index contributed by atoms with van der Waals surface area (Å²) in [7, 11) is 3.94. The molecule has 0 saturated heterocycles. The topological polar surface area (TPSA) is 77.7 Å². The van der Waals surface area contributed by atoms with Gasteiger partial charge in [-0.05, 0) is 63.9 Å². The van der Waals surface area contributed by atoms with Gasteiger partial charge in [0.1, 0.15) is 0 Å². The van der Waals surface area contributed by atoms with Crippen molar-refractivity contribution in [1.29, 1.82) is 0 Å². The fourth-order valence-electron chi connectivity index (χ4n) is 4.58. The van der Waals surface area contributed by atoms with Crippen LogP contribution >= 0.6 is 0 Å². The molecule has 1 aromatic carbocycles. The van der Waals surface area contributed by atoms with Crippen molar-refractivity contribution in [2.75, 3.05) is 38.8 Å². The maximum atomic E-state index is 12.7. The van der Waals surface area contributed by atoms with Gasteiger partial charge in [-0.1, -0.05) is 12.1 Å². The van der Waals surface area contributed by atoms with Gasteiger partial charge >= 0.3 is 0 Å². The first kappa shape index (κ1) is 24.0. The van der Waals surface area contributed by atoms with Crippen LogP contribution in [0.1, 0.15) is 48.5 Å². The third-order valence-electron chi connectivity index (χ3n) is 6.50. The fourth-order valence-corrected chi connectivity index (χ4v) is 4.58. The van der Waals surface area contributed by atoms with Crippen LogP contribution in [0.5, 0.6) is 0 Å². The average Bonchev–Trinajstić information content (AvgIpc) is 2.83. The van der Waals surface area contributed by atoms with E-state index < -0.39 is 0 Å². The van der Waals surface area contributed by atoms with E-state index in [1.165, 1.54) is 12.8 Å². The molecule has 32 heavy (non-hydrogen) atoms. The van der Waals surface area contributed by atoms with Crippen molar-refractivity contribution in [3.05, 3.63) is 64.1 Å². The predicted molar refractivity (Wildman–Crippen MR) is 128 cm³/mol. The molecule has 1 saturated carbocycles. The standard InChI is InChI=1S/C25H36N4O3/c1-4-29(22-12-10-21(11-13-22)28(2)15-16-32-3)23-9-5-7-19(17-23)24(30)27-18-20-8-6-14-26-25(20)31/h5-9,14,17,21-22H,4,10-13,15-16,18H2,1-3H3,(H,26,31)(H,27,30)/t21-,22-.